The van der Waals surface area contributed by atoms with Crippen molar-refractivity contribution in [1.29, 1.82) is 0 Å². The Balaban J connectivity index is 2.01. The molecule has 0 aliphatic carbocycles. The van der Waals surface area contributed by atoms with E-state index < -0.39 is 5.97 Å². The molecule has 0 aliphatic heterocycles. The lowest BCUT2D eigenvalue weighted by Gasteiger charge is -2.10. The van der Waals surface area contributed by atoms with Crippen LogP contribution in [0, 0.1) is 20.8 Å². The van der Waals surface area contributed by atoms with Gasteiger partial charge in [-0.3, -0.25) is 4.79 Å². The van der Waals surface area contributed by atoms with Gasteiger partial charge in [0.2, 0.25) is 0 Å². The number of aliphatic carboxylic acids is 1. The Kier molecular flexibility index (Phi) is 4.99. The molecule has 0 fully saturated rings. The highest BCUT2D eigenvalue weighted by Crippen LogP contribution is 2.40. The summed E-state index contributed by atoms with van der Waals surface area (Å²) in [6, 6.07) is 6.47. The molecule has 3 aromatic rings. The minimum Gasteiger partial charge on any atom is -0.481 e. The minimum absolute atomic E-state index is 0.147. The van der Waals surface area contributed by atoms with Crippen LogP contribution in [0.5, 0.6) is 0 Å². The highest BCUT2D eigenvalue weighted by molar-refractivity contribution is 7.19. The second kappa shape index (κ2) is 7.19. The molecule has 3 rings (SSSR count). The number of benzene rings is 1. The lowest BCUT2D eigenvalue weighted by molar-refractivity contribution is -0.137. The molecule has 6 heteroatoms. The number of hydrogen-bond donors (Lipinski definition) is 2. The number of carboxylic acid groups (broad SMARTS) is 1. The summed E-state index contributed by atoms with van der Waals surface area (Å²) in [5.74, 6) is -0.00945. The predicted octanol–water partition coefficient (Wildman–Crippen LogP) is 4.56. The van der Waals surface area contributed by atoms with Crippen molar-refractivity contribution in [3.05, 3.63) is 40.5 Å². The van der Waals surface area contributed by atoms with Crippen LogP contribution in [0.25, 0.3) is 21.3 Å². The van der Waals surface area contributed by atoms with E-state index in [1.807, 2.05) is 0 Å². The largest absolute Gasteiger partial charge is 0.481 e. The van der Waals surface area contributed by atoms with E-state index in [4.69, 9.17) is 5.11 Å². The van der Waals surface area contributed by atoms with Gasteiger partial charge in [-0.2, -0.15) is 0 Å². The molecule has 2 heterocycles. The van der Waals surface area contributed by atoms with Crippen LogP contribution in [-0.2, 0) is 4.79 Å². The minimum atomic E-state index is -0.781. The van der Waals surface area contributed by atoms with Gasteiger partial charge in [-0.1, -0.05) is 18.2 Å². The highest BCUT2D eigenvalue weighted by Gasteiger charge is 2.17. The third-order valence-electron chi connectivity index (χ3n) is 4.32. The van der Waals surface area contributed by atoms with Crippen LogP contribution in [0.4, 0.5) is 5.82 Å². The van der Waals surface area contributed by atoms with Crippen molar-refractivity contribution >= 4 is 33.3 Å². The average molecular weight is 355 g/mol. The molecule has 5 nitrogen and oxygen atoms in total. The molecule has 130 valence electrons. The predicted molar refractivity (Wildman–Crippen MR) is 102 cm³/mol. The lowest BCUT2D eigenvalue weighted by Crippen LogP contribution is -2.06. The molecule has 0 amide bonds. The number of nitrogens with zero attached hydrogens (tertiary/aromatic N) is 2. The summed E-state index contributed by atoms with van der Waals surface area (Å²) < 4.78 is 0. The SMILES string of the molecule is Cc1ccc(-c2c(C)sc3ncnc(NCCCC(=O)O)c23)cc1C. The van der Waals surface area contributed by atoms with E-state index in [9.17, 15) is 4.79 Å². The van der Waals surface area contributed by atoms with Gasteiger partial charge in [0.25, 0.3) is 0 Å². The molecule has 0 atom stereocenters. The number of carboxylic acids is 1. The second-order valence-corrected chi connectivity index (χ2v) is 7.36. The Morgan fingerprint density at radius 2 is 2.00 bits per heavy atom. The number of anilines is 1. The third-order valence-corrected chi connectivity index (χ3v) is 5.33. The smallest absolute Gasteiger partial charge is 0.303 e. The maximum absolute atomic E-state index is 10.7. The van der Waals surface area contributed by atoms with Gasteiger partial charge in [0.15, 0.2) is 0 Å². The van der Waals surface area contributed by atoms with Gasteiger partial charge >= 0.3 is 5.97 Å². The maximum Gasteiger partial charge on any atom is 0.303 e. The lowest BCUT2D eigenvalue weighted by atomic mass is 9.99. The summed E-state index contributed by atoms with van der Waals surface area (Å²) in [5, 5.41) is 13.1. The van der Waals surface area contributed by atoms with Crippen molar-refractivity contribution in [2.75, 3.05) is 11.9 Å². The van der Waals surface area contributed by atoms with Crippen molar-refractivity contribution in [1.82, 2.24) is 9.97 Å². The summed E-state index contributed by atoms with van der Waals surface area (Å²) in [5.41, 5.74) is 4.84. The summed E-state index contributed by atoms with van der Waals surface area (Å²) in [6.07, 6.45) is 2.26. The van der Waals surface area contributed by atoms with Crippen molar-refractivity contribution in [2.24, 2.45) is 0 Å². The highest BCUT2D eigenvalue weighted by atomic mass is 32.1. The van der Waals surface area contributed by atoms with E-state index >= 15 is 0 Å². The molecule has 1 aromatic carbocycles. The molecule has 0 radical (unpaired) electrons. The molecule has 0 aliphatic rings. The zero-order valence-corrected chi connectivity index (χ0v) is 15.4. The first-order chi connectivity index (χ1) is 12.0. The van der Waals surface area contributed by atoms with Gasteiger partial charge in [0, 0.05) is 23.4 Å². The summed E-state index contributed by atoms with van der Waals surface area (Å²) in [7, 11) is 0. The second-order valence-electron chi connectivity index (χ2n) is 6.16. The first-order valence-electron chi connectivity index (χ1n) is 8.24. The maximum atomic E-state index is 10.7. The van der Waals surface area contributed by atoms with Gasteiger partial charge in [0.1, 0.15) is 17.0 Å². The van der Waals surface area contributed by atoms with E-state index in [-0.39, 0.29) is 6.42 Å². The standard InChI is InChI=1S/C19H21N3O2S/c1-11-6-7-14(9-12(11)2)16-13(3)25-19-17(16)18(21-10-22-19)20-8-4-5-15(23)24/h6-7,9-10H,4-5,8H2,1-3H3,(H,23,24)(H,20,21,22). The van der Waals surface area contributed by atoms with Gasteiger partial charge in [-0.05, 0) is 43.9 Å². The molecular formula is C19H21N3O2S. The zero-order valence-electron chi connectivity index (χ0n) is 14.6. The number of thiophene rings is 1. The zero-order chi connectivity index (χ0) is 18.0. The number of rotatable bonds is 6. The Labute approximate surface area is 150 Å². The molecule has 25 heavy (non-hydrogen) atoms. The number of hydrogen-bond acceptors (Lipinski definition) is 5. The van der Waals surface area contributed by atoms with E-state index in [0.717, 1.165) is 27.2 Å². The number of aryl methyl sites for hydroxylation is 3. The van der Waals surface area contributed by atoms with Gasteiger partial charge < -0.3 is 10.4 Å². The summed E-state index contributed by atoms with van der Waals surface area (Å²) in [6.45, 7) is 6.89. The van der Waals surface area contributed by atoms with Gasteiger partial charge in [-0.25, -0.2) is 9.97 Å². The molecule has 0 unspecified atom stereocenters. The quantitative estimate of drug-likeness (QED) is 0.634. The number of aromatic nitrogens is 2. The molecular weight excluding hydrogens is 334 g/mol. The van der Waals surface area contributed by atoms with E-state index in [2.05, 4.69) is 54.3 Å². The first kappa shape index (κ1) is 17.4. The molecule has 0 spiro atoms. The number of fused-ring (bicyclic) bond motifs is 1. The van der Waals surface area contributed by atoms with Crippen molar-refractivity contribution in [3.8, 4) is 11.1 Å². The Morgan fingerprint density at radius 1 is 1.20 bits per heavy atom. The van der Waals surface area contributed by atoms with E-state index in [1.165, 1.54) is 16.0 Å². The fraction of sp³-hybridized carbons (Fsp3) is 0.316. The first-order valence-corrected chi connectivity index (χ1v) is 9.06. The molecule has 0 saturated heterocycles. The summed E-state index contributed by atoms with van der Waals surface area (Å²) >= 11 is 1.66. The fourth-order valence-corrected chi connectivity index (χ4v) is 3.88. The van der Waals surface area contributed by atoms with Crippen molar-refractivity contribution in [2.45, 2.75) is 33.6 Å². The number of nitrogens with one attached hydrogen (secondary N) is 1. The van der Waals surface area contributed by atoms with Crippen LogP contribution in [0.1, 0.15) is 28.8 Å². The molecule has 2 N–H and O–H groups in total. The monoisotopic (exact) mass is 355 g/mol. The van der Waals surface area contributed by atoms with Crippen LogP contribution in [0.3, 0.4) is 0 Å². The Hall–Kier alpha value is -2.47. The Bertz CT molecular complexity index is 934. The van der Waals surface area contributed by atoms with Crippen LogP contribution in [-0.4, -0.2) is 27.6 Å². The van der Waals surface area contributed by atoms with Crippen LogP contribution in [0.15, 0.2) is 24.5 Å². The molecule has 0 bridgehead atoms. The topological polar surface area (TPSA) is 75.1 Å². The van der Waals surface area contributed by atoms with Crippen LogP contribution < -0.4 is 5.32 Å². The number of carbonyl (C=O) groups is 1. The van der Waals surface area contributed by atoms with Crippen molar-refractivity contribution < 1.29 is 9.90 Å². The van der Waals surface area contributed by atoms with E-state index in [0.29, 0.717) is 13.0 Å². The van der Waals surface area contributed by atoms with E-state index in [1.54, 1.807) is 17.7 Å². The normalized spacial score (nSPS) is 11.0. The van der Waals surface area contributed by atoms with Crippen LogP contribution >= 0.6 is 11.3 Å². The van der Waals surface area contributed by atoms with Gasteiger partial charge in [0.05, 0.1) is 5.39 Å². The summed E-state index contributed by atoms with van der Waals surface area (Å²) in [4.78, 5) is 21.6. The van der Waals surface area contributed by atoms with Crippen LogP contribution in [0.2, 0.25) is 0 Å². The van der Waals surface area contributed by atoms with Gasteiger partial charge in [-0.15, -0.1) is 11.3 Å². The Morgan fingerprint density at radius 3 is 2.72 bits per heavy atom. The third kappa shape index (κ3) is 3.64. The average Bonchev–Trinajstić information content (AvgIpc) is 2.90. The van der Waals surface area contributed by atoms with Crippen molar-refractivity contribution in [3.63, 3.8) is 0 Å². The molecule has 0 saturated carbocycles. The molecule has 2 aromatic heterocycles. The fourth-order valence-electron chi connectivity index (χ4n) is 2.87.